The van der Waals surface area contributed by atoms with E-state index in [1.807, 2.05) is 31.4 Å². The van der Waals surface area contributed by atoms with Gasteiger partial charge in [-0.25, -0.2) is 9.67 Å². The molecule has 2 saturated heterocycles. The Balaban J connectivity index is 1.41. The molecule has 30 heavy (non-hydrogen) atoms. The number of H-pyrrole nitrogens is 1. The number of nitrogens with zero attached hydrogens (tertiary/aromatic N) is 6. The van der Waals surface area contributed by atoms with E-state index in [0.717, 1.165) is 59.1 Å². The molecule has 5 heterocycles. The largest absolute Gasteiger partial charge is 0.346 e. The Bertz CT molecular complexity index is 1280. The predicted octanol–water partition coefficient (Wildman–Crippen LogP) is 2.43. The lowest BCUT2D eigenvalue weighted by molar-refractivity contribution is 0.0472. The Morgan fingerprint density at radius 2 is 1.93 bits per heavy atom. The second-order valence-electron chi connectivity index (χ2n) is 8.56. The van der Waals surface area contributed by atoms with Crippen LogP contribution < -0.4 is 0 Å². The summed E-state index contributed by atoms with van der Waals surface area (Å²) >= 11 is 0. The third kappa shape index (κ3) is 2.56. The summed E-state index contributed by atoms with van der Waals surface area (Å²) in [6.45, 7) is 1.90. The fraction of sp³-hybridized carbons (Fsp3) is 0.364. The van der Waals surface area contributed by atoms with E-state index in [-0.39, 0.29) is 5.91 Å². The fourth-order valence-corrected chi connectivity index (χ4v) is 5.15. The van der Waals surface area contributed by atoms with E-state index >= 15 is 0 Å². The molecule has 2 atom stereocenters. The van der Waals surface area contributed by atoms with Crippen molar-refractivity contribution in [3.63, 3.8) is 0 Å². The lowest BCUT2D eigenvalue weighted by Crippen LogP contribution is -2.54. The SMILES string of the molecule is CN1CC2CCC(C1)N2C(=O)c1cnc2[nH]cc(-c3ccc4nnn(C)c4c3)c2c1. The highest BCUT2D eigenvalue weighted by molar-refractivity contribution is 6.02. The smallest absolute Gasteiger partial charge is 0.256 e. The molecular weight excluding hydrogens is 378 g/mol. The number of rotatable bonds is 2. The summed E-state index contributed by atoms with van der Waals surface area (Å²) in [6, 6.07) is 8.69. The number of carbonyl (C=O) groups is 1. The van der Waals surface area contributed by atoms with Crippen LogP contribution in [0, 0.1) is 0 Å². The first kappa shape index (κ1) is 17.6. The van der Waals surface area contributed by atoms with Gasteiger partial charge in [-0.3, -0.25) is 4.79 Å². The molecule has 152 valence electrons. The highest BCUT2D eigenvalue weighted by atomic mass is 16.2. The van der Waals surface area contributed by atoms with E-state index in [9.17, 15) is 4.79 Å². The van der Waals surface area contributed by atoms with Gasteiger partial charge < -0.3 is 14.8 Å². The van der Waals surface area contributed by atoms with Crippen LogP contribution >= 0.6 is 0 Å². The predicted molar refractivity (Wildman–Crippen MR) is 114 cm³/mol. The van der Waals surface area contributed by atoms with E-state index in [4.69, 9.17) is 0 Å². The first-order chi connectivity index (χ1) is 14.6. The van der Waals surface area contributed by atoms with Crippen LogP contribution in [0.1, 0.15) is 23.2 Å². The number of hydrogen-bond donors (Lipinski definition) is 1. The van der Waals surface area contributed by atoms with Crippen molar-refractivity contribution in [3.8, 4) is 11.1 Å². The summed E-state index contributed by atoms with van der Waals surface area (Å²) in [5.74, 6) is 0.100. The number of likely N-dealkylation sites (N-methyl/N-ethyl adjacent to an activating group) is 1. The van der Waals surface area contributed by atoms with Gasteiger partial charge in [-0.05, 0) is 43.7 Å². The van der Waals surface area contributed by atoms with Crippen LogP contribution in [0.3, 0.4) is 0 Å². The average Bonchev–Trinajstić information content (AvgIpc) is 3.41. The molecule has 0 saturated carbocycles. The number of aryl methyl sites for hydroxylation is 1. The van der Waals surface area contributed by atoms with Gasteiger partial charge in [0.05, 0.1) is 11.1 Å². The van der Waals surface area contributed by atoms with Crippen molar-refractivity contribution in [2.45, 2.75) is 24.9 Å². The van der Waals surface area contributed by atoms with Crippen LogP contribution in [0.15, 0.2) is 36.7 Å². The number of carbonyl (C=O) groups excluding carboxylic acids is 1. The van der Waals surface area contributed by atoms with Crippen molar-refractivity contribution in [2.75, 3.05) is 20.1 Å². The average molecular weight is 401 g/mol. The lowest BCUT2D eigenvalue weighted by atomic mass is 10.0. The van der Waals surface area contributed by atoms with Gasteiger partial charge in [-0.15, -0.1) is 5.10 Å². The minimum absolute atomic E-state index is 0.100. The van der Waals surface area contributed by atoms with E-state index in [2.05, 4.69) is 43.2 Å². The van der Waals surface area contributed by atoms with E-state index < -0.39 is 0 Å². The third-order valence-corrected chi connectivity index (χ3v) is 6.60. The molecule has 0 radical (unpaired) electrons. The number of piperazine rings is 1. The van der Waals surface area contributed by atoms with Crippen LogP contribution in [-0.2, 0) is 7.05 Å². The first-order valence-electron chi connectivity index (χ1n) is 10.4. The minimum Gasteiger partial charge on any atom is -0.346 e. The summed E-state index contributed by atoms with van der Waals surface area (Å²) in [4.78, 5) is 25.6. The number of hydrogen-bond acceptors (Lipinski definition) is 5. The van der Waals surface area contributed by atoms with Crippen molar-refractivity contribution in [3.05, 3.63) is 42.2 Å². The van der Waals surface area contributed by atoms with E-state index in [1.165, 1.54) is 0 Å². The van der Waals surface area contributed by atoms with Crippen molar-refractivity contribution < 1.29 is 4.79 Å². The van der Waals surface area contributed by atoms with Crippen molar-refractivity contribution in [1.29, 1.82) is 0 Å². The Morgan fingerprint density at radius 3 is 2.73 bits per heavy atom. The van der Waals surface area contributed by atoms with E-state index in [0.29, 0.717) is 17.6 Å². The molecule has 1 amide bonds. The number of aromatic amines is 1. The molecule has 2 aliphatic rings. The molecule has 4 aromatic rings. The number of fused-ring (bicyclic) bond motifs is 4. The second kappa shape index (κ2) is 6.37. The molecule has 0 spiro atoms. The third-order valence-electron chi connectivity index (χ3n) is 6.60. The van der Waals surface area contributed by atoms with Crippen LogP contribution in [0.2, 0.25) is 0 Å². The summed E-state index contributed by atoms with van der Waals surface area (Å²) in [5.41, 5.74) is 5.35. The Morgan fingerprint density at radius 1 is 1.13 bits per heavy atom. The minimum atomic E-state index is 0.100. The molecule has 2 bridgehead atoms. The molecule has 1 aromatic carbocycles. The number of benzene rings is 1. The van der Waals surface area contributed by atoms with Crippen LogP contribution in [0.5, 0.6) is 0 Å². The molecule has 8 heteroatoms. The molecule has 6 rings (SSSR count). The van der Waals surface area contributed by atoms with E-state index in [1.54, 1.807) is 10.9 Å². The second-order valence-corrected chi connectivity index (χ2v) is 8.56. The molecule has 2 aliphatic heterocycles. The van der Waals surface area contributed by atoms with Gasteiger partial charge in [0.15, 0.2) is 0 Å². The Labute approximate surface area is 173 Å². The monoisotopic (exact) mass is 401 g/mol. The normalized spacial score (nSPS) is 21.7. The van der Waals surface area contributed by atoms with Gasteiger partial charge in [0.1, 0.15) is 11.2 Å². The van der Waals surface area contributed by atoms with Crippen molar-refractivity contribution in [1.82, 2.24) is 34.8 Å². The zero-order valence-corrected chi connectivity index (χ0v) is 17.0. The molecule has 2 fully saturated rings. The van der Waals surface area contributed by atoms with Crippen molar-refractivity contribution >= 4 is 28.0 Å². The molecule has 8 nitrogen and oxygen atoms in total. The van der Waals surface area contributed by atoms with Gasteiger partial charge in [0.25, 0.3) is 5.91 Å². The van der Waals surface area contributed by atoms with Gasteiger partial charge in [0.2, 0.25) is 0 Å². The maximum atomic E-state index is 13.4. The van der Waals surface area contributed by atoms with Crippen LogP contribution in [0.4, 0.5) is 0 Å². The molecule has 0 aliphatic carbocycles. The highest BCUT2D eigenvalue weighted by Crippen LogP contribution is 2.33. The summed E-state index contributed by atoms with van der Waals surface area (Å²) < 4.78 is 1.77. The van der Waals surface area contributed by atoms with Crippen LogP contribution in [0.25, 0.3) is 33.2 Å². The number of pyridine rings is 1. The standard InChI is InChI=1S/C22H23N7O/c1-27-11-15-4-5-16(12-27)29(15)22(30)14-7-17-18(10-24-21(17)23-9-14)13-3-6-19-20(8-13)28(2)26-25-19/h3,6-10,15-16H,4-5,11-12H2,1-2H3,(H,23,24). The van der Waals surface area contributed by atoms with Crippen molar-refractivity contribution in [2.24, 2.45) is 7.05 Å². The highest BCUT2D eigenvalue weighted by Gasteiger charge is 2.41. The molecule has 1 N–H and O–H groups in total. The maximum Gasteiger partial charge on any atom is 0.256 e. The van der Waals surface area contributed by atoms with Gasteiger partial charge >= 0.3 is 0 Å². The quantitative estimate of drug-likeness (QED) is 0.558. The fourth-order valence-electron chi connectivity index (χ4n) is 5.15. The topological polar surface area (TPSA) is 82.9 Å². The molecule has 2 unspecified atom stereocenters. The van der Waals surface area contributed by atoms with Crippen LogP contribution in [-0.4, -0.2) is 72.9 Å². The number of amides is 1. The number of nitrogens with one attached hydrogen (secondary N) is 1. The first-order valence-corrected chi connectivity index (χ1v) is 10.4. The Kier molecular flexibility index (Phi) is 3.73. The summed E-state index contributed by atoms with van der Waals surface area (Å²) in [6.07, 6.45) is 5.84. The Hall–Kier alpha value is -3.26. The summed E-state index contributed by atoms with van der Waals surface area (Å²) in [5, 5.41) is 9.20. The number of likely N-dealkylation sites (tertiary alicyclic amines) is 1. The van der Waals surface area contributed by atoms with Gasteiger partial charge in [-0.1, -0.05) is 11.3 Å². The molecule has 3 aromatic heterocycles. The number of aromatic nitrogens is 5. The summed E-state index contributed by atoms with van der Waals surface area (Å²) in [7, 11) is 4.03. The molecular formula is C22H23N7O. The zero-order chi connectivity index (χ0) is 20.4. The zero-order valence-electron chi connectivity index (χ0n) is 17.0. The van der Waals surface area contributed by atoms with Gasteiger partial charge in [0, 0.05) is 55.6 Å². The maximum absolute atomic E-state index is 13.4. The lowest BCUT2D eigenvalue weighted by Gasteiger charge is -2.39. The van der Waals surface area contributed by atoms with Gasteiger partial charge in [-0.2, -0.15) is 0 Å².